The first-order chi connectivity index (χ1) is 14.3. The lowest BCUT2D eigenvalue weighted by atomic mass is 10.2. The molecule has 0 amide bonds. The molecule has 2 aliphatic rings. The Morgan fingerprint density at radius 3 is 2.86 bits per heavy atom. The van der Waals surface area contributed by atoms with E-state index >= 15 is 0 Å². The average molecular weight is 399 g/mol. The summed E-state index contributed by atoms with van der Waals surface area (Å²) in [5, 5.41) is 7.44. The van der Waals surface area contributed by atoms with E-state index in [4.69, 9.17) is 14.3 Å². The fourth-order valence-corrected chi connectivity index (χ4v) is 3.37. The lowest BCUT2D eigenvalue weighted by Crippen LogP contribution is -2.52. The quantitative estimate of drug-likeness (QED) is 0.539. The van der Waals surface area contributed by atoms with Gasteiger partial charge in [-0.25, -0.2) is 9.98 Å². The van der Waals surface area contributed by atoms with Crippen LogP contribution in [0.2, 0.25) is 0 Å². The van der Waals surface area contributed by atoms with E-state index < -0.39 is 0 Å². The minimum Gasteiger partial charge on any atom is -0.477 e. The van der Waals surface area contributed by atoms with Crippen LogP contribution in [-0.2, 0) is 13.1 Å². The Hall–Kier alpha value is -2.61. The third kappa shape index (κ3) is 5.93. The normalized spacial score (nSPS) is 18.1. The molecule has 8 nitrogen and oxygen atoms in total. The van der Waals surface area contributed by atoms with Gasteiger partial charge in [0.1, 0.15) is 6.26 Å². The average Bonchev–Trinajstić information content (AvgIpc) is 3.45. The number of nitrogens with one attached hydrogen (secondary N) is 1. The molecular weight excluding hydrogens is 368 g/mol. The van der Waals surface area contributed by atoms with Gasteiger partial charge in [0.15, 0.2) is 5.96 Å². The molecule has 2 aromatic rings. The van der Waals surface area contributed by atoms with Crippen LogP contribution in [0.1, 0.15) is 31.0 Å². The van der Waals surface area contributed by atoms with Gasteiger partial charge in [0.25, 0.3) is 0 Å². The number of piperazine rings is 1. The van der Waals surface area contributed by atoms with Crippen LogP contribution in [0.5, 0.6) is 5.88 Å². The second-order valence-corrected chi connectivity index (χ2v) is 7.68. The summed E-state index contributed by atoms with van der Waals surface area (Å²) in [5.74, 6) is 2.39. The topological polar surface area (TPSA) is 79.0 Å². The van der Waals surface area contributed by atoms with E-state index in [2.05, 4.69) is 32.2 Å². The molecule has 2 fully saturated rings. The lowest BCUT2D eigenvalue weighted by molar-refractivity contribution is 0.169. The summed E-state index contributed by atoms with van der Waals surface area (Å²) in [6.07, 6.45) is 6.00. The lowest BCUT2D eigenvalue weighted by Gasteiger charge is -2.36. The van der Waals surface area contributed by atoms with Gasteiger partial charge in [0.2, 0.25) is 5.88 Å². The Morgan fingerprint density at radius 2 is 2.14 bits per heavy atom. The minimum atomic E-state index is 0.615. The third-order valence-electron chi connectivity index (χ3n) is 5.26. The Balaban J connectivity index is 1.31. The molecule has 29 heavy (non-hydrogen) atoms. The molecule has 1 aliphatic carbocycles. The summed E-state index contributed by atoms with van der Waals surface area (Å²) in [7, 11) is 0. The van der Waals surface area contributed by atoms with Crippen LogP contribution in [0.25, 0.3) is 0 Å². The number of pyridine rings is 1. The molecule has 1 aliphatic heterocycles. The molecule has 0 radical (unpaired) electrons. The number of hydrogen-bond donors (Lipinski definition) is 1. The van der Waals surface area contributed by atoms with Gasteiger partial charge in [0.05, 0.1) is 18.8 Å². The fraction of sp³-hybridized carbons (Fsp3) is 0.571. The van der Waals surface area contributed by atoms with Gasteiger partial charge >= 0.3 is 0 Å². The number of aromatic nitrogens is 2. The van der Waals surface area contributed by atoms with Crippen molar-refractivity contribution in [3.05, 3.63) is 41.9 Å². The van der Waals surface area contributed by atoms with Crippen molar-refractivity contribution >= 4 is 5.96 Å². The molecule has 4 rings (SSSR count). The molecule has 0 bridgehead atoms. The first kappa shape index (κ1) is 19.7. The van der Waals surface area contributed by atoms with Gasteiger partial charge in [-0.1, -0.05) is 5.16 Å². The van der Waals surface area contributed by atoms with Crippen LogP contribution < -0.4 is 10.1 Å². The zero-order valence-corrected chi connectivity index (χ0v) is 17.1. The molecular formula is C21H30N6O2. The summed E-state index contributed by atoms with van der Waals surface area (Å²) in [5.41, 5.74) is 2.10. The van der Waals surface area contributed by atoms with E-state index in [1.165, 1.54) is 12.8 Å². The molecule has 8 heteroatoms. The number of aliphatic imine (C=N–C) groups is 1. The number of nitrogens with zero attached hydrogens (tertiary/aromatic N) is 5. The van der Waals surface area contributed by atoms with Gasteiger partial charge in [-0.15, -0.1) is 0 Å². The highest BCUT2D eigenvalue weighted by molar-refractivity contribution is 5.80. The van der Waals surface area contributed by atoms with Gasteiger partial charge in [-0.3, -0.25) is 4.90 Å². The van der Waals surface area contributed by atoms with E-state index in [0.717, 1.165) is 69.0 Å². The van der Waals surface area contributed by atoms with Crippen molar-refractivity contribution in [2.24, 2.45) is 10.9 Å². The van der Waals surface area contributed by atoms with Gasteiger partial charge < -0.3 is 19.5 Å². The summed E-state index contributed by atoms with van der Waals surface area (Å²) < 4.78 is 10.7. The SMILES string of the molecule is CCNC(=NCc1ccnc(OCC2CC2)c1)N1CCN(Cc2ccon2)CC1. The van der Waals surface area contributed by atoms with Crippen molar-refractivity contribution in [3.8, 4) is 5.88 Å². The van der Waals surface area contributed by atoms with Crippen molar-refractivity contribution in [2.45, 2.75) is 32.9 Å². The van der Waals surface area contributed by atoms with Gasteiger partial charge in [-0.05, 0) is 37.3 Å². The van der Waals surface area contributed by atoms with Crippen LogP contribution in [0.4, 0.5) is 0 Å². The Bertz CT molecular complexity index is 782. The highest BCUT2D eigenvalue weighted by atomic mass is 16.5. The van der Waals surface area contributed by atoms with Crippen molar-refractivity contribution < 1.29 is 9.26 Å². The number of guanidine groups is 1. The fourth-order valence-electron chi connectivity index (χ4n) is 3.37. The first-order valence-corrected chi connectivity index (χ1v) is 10.5. The van der Waals surface area contributed by atoms with E-state index in [9.17, 15) is 0 Å². The Morgan fingerprint density at radius 1 is 1.28 bits per heavy atom. The monoisotopic (exact) mass is 398 g/mol. The van der Waals surface area contributed by atoms with E-state index in [-0.39, 0.29) is 0 Å². The second-order valence-electron chi connectivity index (χ2n) is 7.68. The van der Waals surface area contributed by atoms with E-state index in [1.807, 2.05) is 24.4 Å². The molecule has 1 saturated heterocycles. The number of rotatable bonds is 8. The van der Waals surface area contributed by atoms with E-state index in [1.54, 1.807) is 6.26 Å². The van der Waals surface area contributed by atoms with Crippen LogP contribution in [0.15, 0.2) is 40.2 Å². The maximum atomic E-state index is 5.79. The molecule has 2 aromatic heterocycles. The minimum absolute atomic E-state index is 0.615. The molecule has 0 atom stereocenters. The smallest absolute Gasteiger partial charge is 0.213 e. The predicted molar refractivity (Wildman–Crippen MR) is 111 cm³/mol. The van der Waals surface area contributed by atoms with E-state index in [0.29, 0.717) is 12.4 Å². The van der Waals surface area contributed by atoms with Crippen molar-refractivity contribution in [3.63, 3.8) is 0 Å². The van der Waals surface area contributed by atoms with Crippen LogP contribution in [-0.4, -0.2) is 65.2 Å². The van der Waals surface area contributed by atoms with Crippen molar-refractivity contribution in [2.75, 3.05) is 39.3 Å². The van der Waals surface area contributed by atoms with Crippen LogP contribution in [0.3, 0.4) is 0 Å². The molecule has 3 heterocycles. The summed E-state index contributed by atoms with van der Waals surface area (Å²) in [6.45, 7) is 9.02. The highest BCUT2D eigenvalue weighted by Crippen LogP contribution is 2.29. The molecule has 0 aromatic carbocycles. The standard InChI is InChI=1S/C21H30N6O2/c1-2-22-21(27-10-8-26(9-11-27)15-19-6-12-29-25-19)24-14-18-5-7-23-20(13-18)28-16-17-3-4-17/h5-7,12-13,17H,2-4,8-11,14-16H2,1H3,(H,22,24). The molecule has 0 spiro atoms. The summed E-state index contributed by atoms with van der Waals surface area (Å²) >= 11 is 0. The molecule has 0 unspecified atom stereocenters. The van der Waals surface area contributed by atoms with Crippen molar-refractivity contribution in [1.29, 1.82) is 0 Å². The number of ether oxygens (including phenoxy) is 1. The predicted octanol–water partition coefficient (Wildman–Crippen LogP) is 2.14. The Labute approximate surface area is 171 Å². The van der Waals surface area contributed by atoms with Gasteiger partial charge in [0, 0.05) is 57.6 Å². The van der Waals surface area contributed by atoms with Gasteiger partial charge in [-0.2, -0.15) is 0 Å². The summed E-state index contributed by atoms with van der Waals surface area (Å²) in [4.78, 5) is 13.9. The molecule has 1 N–H and O–H groups in total. The number of hydrogen-bond acceptors (Lipinski definition) is 6. The zero-order chi connectivity index (χ0) is 19.9. The third-order valence-corrected chi connectivity index (χ3v) is 5.26. The van der Waals surface area contributed by atoms with Crippen LogP contribution >= 0.6 is 0 Å². The van der Waals surface area contributed by atoms with Crippen molar-refractivity contribution in [1.82, 2.24) is 25.3 Å². The maximum Gasteiger partial charge on any atom is 0.213 e. The highest BCUT2D eigenvalue weighted by Gasteiger charge is 2.22. The second kappa shape index (κ2) is 9.73. The van der Waals surface area contributed by atoms with Crippen LogP contribution in [0, 0.1) is 5.92 Å². The maximum absolute atomic E-state index is 5.79. The summed E-state index contributed by atoms with van der Waals surface area (Å²) in [6, 6.07) is 5.94. The molecule has 1 saturated carbocycles. The molecule has 156 valence electrons. The largest absolute Gasteiger partial charge is 0.477 e. The first-order valence-electron chi connectivity index (χ1n) is 10.5. The zero-order valence-electron chi connectivity index (χ0n) is 17.1. The Kier molecular flexibility index (Phi) is 6.61.